The van der Waals surface area contributed by atoms with Crippen molar-refractivity contribution in [2.45, 2.75) is 32.7 Å². The highest BCUT2D eigenvalue weighted by Crippen LogP contribution is 2.13. The van der Waals surface area contributed by atoms with Crippen LogP contribution in [0.15, 0.2) is 24.7 Å². The van der Waals surface area contributed by atoms with E-state index in [9.17, 15) is 18.4 Å². The number of hydrogen-bond acceptors (Lipinski definition) is 4. The molecule has 0 bridgehead atoms. The smallest absolute Gasteiger partial charge is 0.275 e. The second kappa shape index (κ2) is 8.90. The lowest BCUT2D eigenvalue weighted by Gasteiger charge is -2.22. The van der Waals surface area contributed by atoms with Crippen LogP contribution in [-0.2, 0) is 17.8 Å². The highest BCUT2D eigenvalue weighted by molar-refractivity contribution is 5.92. The summed E-state index contributed by atoms with van der Waals surface area (Å²) in [4.78, 5) is 36.1. The van der Waals surface area contributed by atoms with Gasteiger partial charge in [0.05, 0.1) is 6.20 Å². The molecule has 150 valence electrons. The Morgan fingerprint density at radius 3 is 2.61 bits per heavy atom. The number of rotatable bonds is 5. The Hall–Kier alpha value is -2.84. The molecule has 1 aliphatic heterocycles. The summed E-state index contributed by atoms with van der Waals surface area (Å²) in [7, 11) is 0. The van der Waals surface area contributed by atoms with Gasteiger partial charge in [0.25, 0.3) is 5.91 Å². The van der Waals surface area contributed by atoms with E-state index in [1.807, 2.05) is 17.7 Å². The van der Waals surface area contributed by atoms with Crippen LogP contribution in [0.2, 0.25) is 0 Å². The molecule has 0 saturated carbocycles. The molecule has 2 amide bonds. The fourth-order valence-electron chi connectivity index (χ4n) is 3.32. The molecule has 28 heavy (non-hydrogen) atoms. The third-order valence-corrected chi connectivity index (χ3v) is 4.83. The Labute approximate surface area is 162 Å². The molecule has 1 fully saturated rings. The average Bonchev–Trinajstić information content (AvgIpc) is 2.99. The summed E-state index contributed by atoms with van der Waals surface area (Å²) in [5, 5.41) is 0. The number of hydrogen-bond donors (Lipinski definition) is 0. The SMILES string of the molecule is CCc1nccn1CCC(=O)N1CCCN(C(=O)c2ncc(F)cc2F)CC1. The fourth-order valence-corrected chi connectivity index (χ4v) is 3.32. The van der Waals surface area contributed by atoms with Crippen LogP contribution in [0.5, 0.6) is 0 Å². The number of nitrogens with zero attached hydrogens (tertiary/aromatic N) is 5. The molecule has 0 radical (unpaired) electrons. The minimum Gasteiger partial charge on any atom is -0.341 e. The Kier molecular flexibility index (Phi) is 6.33. The van der Waals surface area contributed by atoms with E-state index in [2.05, 4.69) is 9.97 Å². The molecule has 1 aliphatic rings. The molecule has 2 aromatic rings. The Balaban J connectivity index is 1.56. The molecule has 1 saturated heterocycles. The number of carbonyl (C=O) groups is 2. The second-order valence-electron chi connectivity index (χ2n) is 6.65. The van der Waals surface area contributed by atoms with Gasteiger partial charge in [0, 0.05) is 64.0 Å². The number of halogens is 2. The van der Waals surface area contributed by atoms with Gasteiger partial charge in [-0.3, -0.25) is 9.59 Å². The molecule has 0 aromatic carbocycles. The zero-order valence-corrected chi connectivity index (χ0v) is 15.8. The van der Waals surface area contributed by atoms with E-state index in [1.54, 1.807) is 11.1 Å². The highest BCUT2D eigenvalue weighted by atomic mass is 19.1. The van der Waals surface area contributed by atoms with Gasteiger partial charge in [-0.2, -0.15) is 0 Å². The van der Waals surface area contributed by atoms with E-state index in [1.165, 1.54) is 4.90 Å². The van der Waals surface area contributed by atoms with E-state index >= 15 is 0 Å². The molecule has 7 nitrogen and oxygen atoms in total. The van der Waals surface area contributed by atoms with Gasteiger partial charge in [-0.1, -0.05) is 6.92 Å². The first-order valence-electron chi connectivity index (χ1n) is 9.37. The molecule has 0 N–H and O–H groups in total. The fraction of sp³-hybridized carbons (Fsp3) is 0.474. The van der Waals surface area contributed by atoms with E-state index < -0.39 is 23.2 Å². The van der Waals surface area contributed by atoms with Gasteiger partial charge in [0.2, 0.25) is 5.91 Å². The zero-order chi connectivity index (χ0) is 20.1. The maximum Gasteiger partial charge on any atom is 0.275 e. The van der Waals surface area contributed by atoms with Crippen molar-refractivity contribution >= 4 is 11.8 Å². The predicted octanol–water partition coefficient (Wildman–Crippen LogP) is 1.88. The van der Waals surface area contributed by atoms with Crippen molar-refractivity contribution in [3.8, 4) is 0 Å². The van der Waals surface area contributed by atoms with E-state index in [-0.39, 0.29) is 12.5 Å². The van der Waals surface area contributed by atoms with Gasteiger partial charge in [-0.05, 0) is 6.42 Å². The first-order valence-corrected chi connectivity index (χ1v) is 9.37. The van der Waals surface area contributed by atoms with Crippen molar-refractivity contribution in [3.05, 3.63) is 47.8 Å². The number of pyridine rings is 1. The number of aryl methyl sites for hydroxylation is 2. The molecule has 0 spiro atoms. The minimum atomic E-state index is -0.978. The number of amides is 2. The van der Waals surface area contributed by atoms with Gasteiger partial charge >= 0.3 is 0 Å². The van der Waals surface area contributed by atoms with Gasteiger partial charge in [-0.15, -0.1) is 0 Å². The number of aromatic nitrogens is 3. The van der Waals surface area contributed by atoms with Crippen LogP contribution in [0, 0.1) is 11.6 Å². The summed E-state index contributed by atoms with van der Waals surface area (Å²) in [6.45, 7) is 4.16. The van der Waals surface area contributed by atoms with Crippen molar-refractivity contribution in [3.63, 3.8) is 0 Å². The quantitative estimate of drug-likeness (QED) is 0.780. The lowest BCUT2D eigenvalue weighted by atomic mass is 10.3. The van der Waals surface area contributed by atoms with Crippen molar-refractivity contribution in [2.24, 2.45) is 0 Å². The van der Waals surface area contributed by atoms with Gasteiger partial charge in [-0.25, -0.2) is 18.7 Å². The lowest BCUT2D eigenvalue weighted by molar-refractivity contribution is -0.131. The summed E-state index contributed by atoms with van der Waals surface area (Å²) < 4.78 is 28.8. The first kappa shape index (κ1) is 19.9. The average molecular weight is 391 g/mol. The number of imidazole rings is 1. The first-order chi connectivity index (χ1) is 13.5. The molecular weight excluding hydrogens is 368 g/mol. The standard InChI is InChI=1S/C19H23F2N5O2/c1-2-16-22-5-9-24(16)8-4-17(27)25-6-3-7-26(11-10-25)19(28)18-15(21)12-14(20)13-23-18/h5,9,12-13H,2-4,6-8,10-11H2,1H3. The van der Waals surface area contributed by atoms with Crippen LogP contribution >= 0.6 is 0 Å². The lowest BCUT2D eigenvalue weighted by Crippen LogP contribution is -2.38. The molecule has 0 aliphatic carbocycles. The van der Waals surface area contributed by atoms with Crippen molar-refractivity contribution in [1.29, 1.82) is 0 Å². The monoisotopic (exact) mass is 391 g/mol. The molecular formula is C19H23F2N5O2. The largest absolute Gasteiger partial charge is 0.341 e. The summed E-state index contributed by atoms with van der Waals surface area (Å²) >= 11 is 0. The highest BCUT2D eigenvalue weighted by Gasteiger charge is 2.25. The maximum absolute atomic E-state index is 13.8. The number of carbonyl (C=O) groups excluding carboxylic acids is 2. The third kappa shape index (κ3) is 4.52. The second-order valence-corrected chi connectivity index (χ2v) is 6.65. The van der Waals surface area contributed by atoms with Crippen LogP contribution < -0.4 is 0 Å². The van der Waals surface area contributed by atoms with Crippen LogP contribution in [0.25, 0.3) is 0 Å². The maximum atomic E-state index is 13.8. The van der Waals surface area contributed by atoms with Gasteiger partial charge in [0.15, 0.2) is 11.5 Å². The zero-order valence-electron chi connectivity index (χ0n) is 15.8. The third-order valence-electron chi connectivity index (χ3n) is 4.83. The van der Waals surface area contributed by atoms with Gasteiger partial charge < -0.3 is 14.4 Å². The van der Waals surface area contributed by atoms with Crippen LogP contribution in [-0.4, -0.2) is 62.3 Å². The van der Waals surface area contributed by atoms with Gasteiger partial charge in [0.1, 0.15) is 11.6 Å². The normalized spacial score (nSPS) is 14.8. The Morgan fingerprint density at radius 2 is 1.86 bits per heavy atom. The summed E-state index contributed by atoms with van der Waals surface area (Å²) in [5.41, 5.74) is -0.395. The van der Waals surface area contributed by atoms with Crippen molar-refractivity contribution in [2.75, 3.05) is 26.2 Å². The minimum absolute atomic E-state index is 0.0103. The van der Waals surface area contributed by atoms with Crippen LogP contribution in [0.4, 0.5) is 8.78 Å². The van der Waals surface area contributed by atoms with E-state index in [0.717, 1.165) is 18.4 Å². The van der Waals surface area contributed by atoms with Crippen LogP contribution in [0.1, 0.15) is 36.1 Å². The van der Waals surface area contributed by atoms with Crippen molar-refractivity contribution in [1.82, 2.24) is 24.3 Å². The molecule has 3 heterocycles. The Morgan fingerprint density at radius 1 is 1.11 bits per heavy atom. The summed E-state index contributed by atoms with van der Waals surface area (Å²) in [6, 6.07) is 0.647. The topological polar surface area (TPSA) is 71.3 Å². The van der Waals surface area contributed by atoms with E-state index in [0.29, 0.717) is 45.1 Å². The van der Waals surface area contributed by atoms with E-state index in [4.69, 9.17) is 0 Å². The molecule has 3 rings (SSSR count). The molecule has 0 atom stereocenters. The van der Waals surface area contributed by atoms with Crippen molar-refractivity contribution < 1.29 is 18.4 Å². The summed E-state index contributed by atoms with van der Waals surface area (Å²) in [6.07, 6.45) is 6.15. The predicted molar refractivity (Wildman–Crippen MR) is 97.5 cm³/mol. The summed E-state index contributed by atoms with van der Waals surface area (Å²) in [5.74, 6) is -1.44. The Bertz CT molecular complexity index is 855. The molecule has 9 heteroatoms. The van der Waals surface area contributed by atoms with Crippen LogP contribution in [0.3, 0.4) is 0 Å². The molecule has 2 aromatic heterocycles. The molecule has 0 unspecified atom stereocenters.